The number of aromatic nitrogens is 2. The summed E-state index contributed by atoms with van der Waals surface area (Å²) in [5.41, 5.74) is 1.81. The summed E-state index contributed by atoms with van der Waals surface area (Å²) >= 11 is 5.82. The molecule has 0 saturated carbocycles. The molecule has 0 spiro atoms. The van der Waals surface area contributed by atoms with Crippen LogP contribution in [-0.4, -0.2) is 16.6 Å². The fraction of sp³-hybridized carbons (Fsp3) is 0.231. The van der Waals surface area contributed by atoms with Gasteiger partial charge in [0.2, 0.25) is 0 Å². The summed E-state index contributed by atoms with van der Waals surface area (Å²) in [6.07, 6.45) is 2.46. The molecule has 0 saturated heterocycles. The number of hydrogen-bond donors (Lipinski definition) is 0. The highest BCUT2D eigenvalue weighted by Crippen LogP contribution is 2.21. The van der Waals surface area contributed by atoms with Crippen LogP contribution in [0.15, 0.2) is 36.7 Å². The van der Waals surface area contributed by atoms with E-state index < -0.39 is 0 Å². The number of ether oxygens (including phenoxy) is 1. The van der Waals surface area contributed by atoms with Crippen LogP contribution in [0.4, 0.5) is 0 Å². The lowest BCUT2D eigenvalue weighted by atomic mass is 10.1. The molecule has 0 unspecified atom stereocenters. The van der Waals surface area contributed by atoms with Crippen molar-refractivity contribution in [1.82, 2.24) is 9.97 Å². The molecule has 0 fully saturated rings. The van der Waals surface area contributed by atoms with E-state index in [9.17, 15) is 0 Å². The molecule has 0 aliphatic rings. The molecule has 1 aromatic carbocycles. The van der Waals surface area contributed by atoms with Crippen LogP contribution >= 0.6 is 11.6 Å². The zero-order valence-corrected chi connectivity index (χ0v) is 10.3. The van der Waals surface area contributed by atoms with E-state index >= 15 is 0 Å². The third-order valence-electron chi connectivity index (χ3n) is 2.26. The first-order valence-electron chi connectivity index (χ1n) is 5.50. The molecule has 1 heterocycles. The summed E-state index contributed by atoms with van der Waals surface area (Å²) in [4.78, 5) is 8.02. The van der Waals surface area contributed by atoms with Crippen LogP contribution < -0.4 is 4.74 Å². The van der Waals surface area contributed by atoms with E-state index in [4.69, 9.17) is 16.3 Å². The van der Waals surface area contributed by atoms with Crippen LogP contribution in [0.2, 0.25) is 5.15 Å². The molecule has 88 valence electrons. The molecule has 17 heavy (non-hydrogen) atoms. The molecule has 2 aromatic rings. The van der Waals surface area contributed by atoms with Crippen molar-refractivity contribution in [2.45, 2.75) is 13.3 Å². The van der Waals surface area contributed by atoms with E-state index in [-0.39, 0.29) is 0 Å². The fourth-order valence-electron chi connectivity index (χ4n) is 1.43. The van der Waals surface area contributed by atoms with E-state index in [1.807, 2.05) is 24.3 Å². The Balaban J connectivity index is 2.17. The Morgan fingerprint density at radius 1 is 1.18 bits per heavy atom. The molecule has 0 N–H and O–H groups in total. The van der Waals surface area contributed by atoms with E-state index in [0.717, 1.165) is 30.0 Å². The van der Waals surface area contributed by atoms with Gasteiger partial charge in [-0.1, -0.05) is 18.5 Å². The average molecular weight is 249 g/mol. The van der Waals surface area contributed by atoms with Gasteiger partial charge in [-0.25, -0.2) is 9.97 Å². The lowest BCUT2D eigenvalue weighted by molar-refractivity contribution is 0.317. The third-order valence-corrected chi connectivity index (χ3v) is 2.46. The molecule has 0 amide bonds. The predicted molar refractivity (Wildman–Crippen MR) is 68.3 cm³/mol. The van der Waals surface area contributed by atoms with Gasteiger partial charge in [0.15, 0.2) is 0 Å². The summed E-state index contributed by atoms with van der Waals surface area (Å²) < 4.78 is 5.51. The number of hydrogen-bond acceptors (Lipinski definition) is 3. The Bertz CT molecular complexity index is 485. The zero-order chi connectivity index (χ0) is 12.1. The zero-order valence-electron chi connectivity index (χ0n) is 9.56. The van der Waals surface area contributed by atoms with Gasteiger partial charge in [0.25, 0.3) is 0 Å². The lowest BCUT2D eigenvalue weighted by Gasteiger charge is -2.05. The Morgan fingerprint density at radius 2 is 1.94 bits per heavy atom. The van der Waals surface area contributed by atoms with Gasteiger partial charge < -0.3 is 4.74 Å². The number of halogens is 1. The maximum absolute atomic E-state index is 5.82. The lowest BCUT2D eigenvalue weighted by Crippen LogP contribution is -1.94. The molecule has 0 bridgehead atoms. The van der Waals surface area contributed by atoms with Crippen LogP contribution in [0, 0.1) is 0 Å². The summed E-state index contributed by atoms with van der Waals surface area (Å²) in [5, 5.41) is 0.446. The van der Waals surface area contributed by atoms with Crippen molar-refractivity contribution in [2.75, 3.05) is 6.61 Å². The van der Waals surface area contributed by atoms with Crippen molar-refractivity contribution < 1.29 is 4.74 Å². The topological polar surface area (TPSA) is 35.0 Å². The molecule has 4 heteroatoms. The Hall–Kier alpha value is -1.61. The maximum atomic E-state index is 5.82. The Kier molecular flexibility index (Phi) is 3.94. The highest BCUT2D eigenvalue weighted by molar-refractivity contribution is 6.29. The second-order valence-electron chi connectivity index (χ2n) is 3.60. The van der Waals surface area contributed by atoms with Gasteiger partial charge in [0, 0.05) is 11.6 Å². The molecular formula is C13H13ClN2O. The van der Waals surface area contributed by atoms with E-state index in [2.05, 4.69) is 16.9 Å². The van der Waals surface area contributed by atoms with Crippen LogP contribution in [0.25, 0.3) is 11.3 Å². The number of rotatable bonds is 4. The van der Waals surface area contributed by atoms with Crippen LogP contribution in [0.3, 0.4) is 0 Å². The van der Waals surface area contributed by atoms with Crippen molar-refractivity contribution in [2.24, 2.45) is 0 Å². The van der Waals surface area contributed by atoms with Gasteiger partial charge in [-0.15, -0.1) is 0 Å². The fourth-order valence-corrected chi connectivity index (χ4v) is 1.58. The number of benzene rings is 1. The third kappa shape index (κ3) is 3.17. The first-order chi connectivity index (χ1) is 8.29. The Morgan fingerprint density at radius 3 is 2.59 bits per heavy atom. The van der Waals surface area contributed by atoms with E-state index in [1.165, 1.54) is 6.33 Å². The van der Waals surface area contributed by atoms with E-state index in [1.54, 1.807) is 6.07 Å². The second kappa shape index (κ2) is 5.64. The minimum absolute atomic E-state index is 0.446. The van der Waals surface area contributed by atoms with Crippen molar-refractivity contribution in [3.05, 3.63) is 41.8 Å². The Labute approximate surface area is 105 Å². The second-order valence-corrected chi connectivity index (χ2v) is 3.99. The standard InChI is InChI=1S/C13H13ClN2O/c1-2-7-17-11-5-3-10(4-6-11)12-8-13(14)16-9-15-12/h3-6,8-9H,2,7H2,1H3. The molecule has 2 rings (SSSR count). The number of nitrogens with zero attached hydrogens (tertiary/aromatic N) is 2. The molecule has 0 aliphatic heterocycles. The van der Waals surface area contributed by atoms with Crippen molar-refractivity contribution >= 4 is 11.6 Å². The minimum atomic E-state index is 0.446. The normalized spacial score (nSPS) is 10.2. The minimum Gasteiger partial charge on any atom is -0.494 e. The van der Waals surface area contributed by atoms with Crippen LogP contribution in [-0.2, 0) is 0 Å². The molecule has 1 aromatic heterocycles. The molecule has 0 aliphatic carbocycles. The first kappa shape index (κ1) is 11.9. The maximum Gasteiger partial charge on any atom is 0.133 e. The van der Waals surface area contributed by atoms with Gasteiger partial charge in [-0.2, -0.15) is 0 Å². The highest BCUT2D eigenvalue weighted by Gasteiger charge is 2.01. The smallest absolute Gasteiger partial charge is 0.133 e. The first-order valence-corrected chi connectivity index (χ1v) is 5.88. The van der Waals surface area contributed by atoms with Crippen molar-refractivity contribution in [3.63, 3.8) is 0 Å². The monoisotopic (exact) mass is 248 g/mol. The molecule has 0 atom stereocenters. The summed E-state index contributed by atoms with van der Waals surface area (Å²) in [5.74, 6) is 0.871. The summed E-state index contributed by atoms with van der Waals surface area (Å²) in [6, 6.07) is 9.53. The van der Waals surface area contributed by atoms with Gasteiger partial charge in [-0.05, 0) is 30.7 Å². The largest absolute Gasteiger partial charge is 0.494 e. The average Bonchev–Trinajstić information content (AvgIpc) is 2.37. The summed E-state index contributed by atoms with van der Waals surface area (Å²) in [6.45, 7) is 2.82. The van der Waals surface area contributed by atoms with Crippen LogP contribution in [0.1, 0.15) is 13.3 Å². The summed E-state index contributed by atoms with van der Waals surface area (Å²) in [7, 11) is 0. The van der Waals surface area contributed by atoms with Crippen LogP contribution in [0.5, 0.6) is 5.75 Å². The van der Waals surface area contributed by atoms with Gasteiger partial charge in [0.1, 0.15) is 17.2 Å². The highest BCUT2D eigenvalue weighted by atomic mass is 35.5. The van der Waals surface area contributed by atoms with Gasteiger partial charge in [-0.3, -0.25) is 0 Å². The molecule has 0 radical (unpaired) electrons. The van der Waals surface area contributed by atoms with E-state index in [0.29, 0.717) is 5.15 Å². The van der Waals surface area contributed by atoms with Gasteiger partial charge >= 0.3 is 0 Å². The van der Waals surface area contributed by atoms with Crippen molar-refractivity contribution in [1.29, 1.82) is 0 Å². The van der Waals surface area contributed by atoms with Gasteiger partial charge in [0.05, 0.1) is 12.3 Å². The molecular weight excluding hydrogens is 236 g/mol. The predicted octanol–water partition coefficient (Wildman–Crippen LogP) is 3.59. The van der Waals surface area contributed by atoms with Crippen molar-refractivity contribution in [3.8, 4) is 17.0 Å². The molecule has 3 nitrogen and oxygen atoms in total. The SMILES string of the molecule is CCCOc1ccc(-c2cc(Cl)ncn2)cc1. The quantitative estimate of drug-likeness (QED) is 0.776.